The number of para-hydroxylation sites is 1. The molecule has 2 amide bonds. The van der Waals surface area contributed by atoms with Crippen LogP contribution in [0, 0.1) is 13.8 Å². The van der Waals surface area contributed by atoms with Crippen LogP contribution in [-0.2, 0) is 11.8 Å². The number of hydrogen-bond acceptors (Lipinski definition) is 5. The third-order valence-electron chi connectivity index (χ3n) is 4.80. The summed E-state index contributed by atoms with van der Waals surface area (Å²) in [6.45, 7) is 5.74. The molecule has 0 radical (unpaired) electrons. The van der Waals surface area contributed by atoms with Gasteiger partial charge in [-0.25, -0.2) is 0 Å². The van der Waals surface area contributed by atoms with E-state index >= 15 is 0 Å². The summed E-state index contributed by atoms with van der Waals surface area (Å²) >= 11 is 7.38. The van der Waals surface area contributed by atoms with Gasteiger partial charge in [0.15, 0.2) is 11.0 Å². The highest BCUT2D eigenvalue weighted by molar-refractivity contribution is 7.99. The Morgan fingerprint density at radius 2 is 1.77 bits per heavy atom. The van der Waals surface area contributed by atoms with Gasteiger partial charge in [0.1, 0.15) is 0 Å². The number of amides is 2. The van der Waals surface area contributed by atoms with Crippen molar-refractivity contribution in [1.82, 2.24) is 20.1 Å². The molecule has 1 heterocycles. The Labute approximate surface area is 190 Å². The van der Waals surface area contributed by atoms with Crippen molar-refractivity contribution in [3.8, 4) is 0 Å². The number of aromatic nitrogens is 3. The van der Waals surface area contributed by atoms with Crippen molar-refractivity contribution < 1.29 is 9.59 Å². The average Bonchev–Trinajstić information content (AvgIpc) is 3.10. The van der Waals surface area contributed by atoms with Crippen molar-refractivity contribution in [3.63, 3.8) is 0 Å². The van der Waals surface area contributed by atoms with Gasteiger partial charge in [-0.2, -0.15) is 0 Å². The first-order valence-corrected chi connectivity index (χ1v) is 11.1. The van der Waals surface area contributed by atoms with E-state index in [0.29, 0.717) is 21.6 Å². The summed E-state index contributed by atoms with van der Waals surface area (Å²) in [6, 6.07) is 12.4. The minimum Gasteiger partial charge on any atom is -0.342 e. The van der Waals surface area contributed by atoms with Crippen LogP contribution in [0.25, 0.3) is 0 Å². The molecule has 1 atom stereocenters. The molecule has 162 valence electrons. The molecule has 0 aliphatic rings. The number of rotatable bonds is 7. The molecular weight excluding hydrogens is 434 g/mol. The van der Waals surface area contributed by atoms with Gasteiger partial charge in [0.25, 0.3) is 5.91 Å². The fourth-order valence-corrected chi connectivity index (χ4v) is 4.07. The van der Waals surface area contributed by atoms with Gasteiger partial charge in [0.2, 0.25) is 5.91 Å². The number of carbonyl (C=O) groups excluding carboxylic acids is 2. The molecule has 1 aromatic heterocycles. The van der Waals surface area contributed by atoms with Crippen molar-refractivity contribution in [2.45, 2.75) is 32.0 Å². The average molecular weight is 458 g/mol. The SMILES string of the molecule is Cc1cccc(C)c1NC(=O)CSc1nnc([C@H](C)NC(=O)c2ccccc2Cl)n1C. The highest BCUT2D eigenvalue weighted by atomic mass is 35.5. The maximum absolute atomic E-state index is 12.5. The molecule has 0 bridgehead atoms. The van der Waals surface area contributed by atoms with E-state index in [1.54, 1.807) is 35.9 Å². The zero-order valence-electron chi connectivity index (χ0n) is 17.8. The number of anilines is 1. The third kappa shape index (κ3) is 5.45. The Morgan fingerprint density at radius 1 is 1.10 bits per heavy atom. The molecule has 9 heteroatoms. The molecule has 31 heavy (non-hydrogen) atoms. The molecule has 0 saturated heterocycles. The molecule has 2 N–H and O–H groups in total. The van der Waals surface area contributed by atoms with Gasteiger partial charge in [-0.3, -0.25) is 9.59 Å². The van der Waals surface area contributed by atoms with E-state index in [4.69, 9.17) is 11.6 Å². The van der Waals surface area contributed by atoms with E-state index in [1.807, 2.05) is 39.0 Å². The second-order valence-electron chi connectivity index (χ2n) is 7.18. The fourth-order valence-electron chi connectivity index (χ4n) is 3.13. The lowest BCUT2D eigenvalue weighted by Gasteiger charge is -2.14. The summed E-state index contributed by atoms with van der Waals surface area (Å²) in [6.07, 6.45) is 0. The van der Waals surface area contributed by atoms with Gasteiger partial charge in [-0.05, 0) is 44.0 Å². The van der Waals surface area contributed by atoms with Crippen molar-refractivity contribution in [2.75, 3.05) is 11.1 Å². The topological polar surface area (TPSA) is 88.9 Å². The molecule has 0 saturated carbocycles. The largest absolute Gasteiger partial charge is 0.342 e. The smallest absolute Gasteiger partial charge is 0.253 e. The van der Waals surface area contributed by atoms with Crippen LogP contribution in [-0.4, -0.2) is 32.3 Å². The first-order valence-electron chi connectivity index (χ1n) is 9.71. The normalized spacial score (nSPS) is 11.8. The van der Waals surface area contributed by atoms with Gasteiger partial charge in [-0.15, -0.1) is 10.2 Å². The molecule has 3 aromatic rings. The monoisotopic (exact) mass is 457 g/mol. The number of nitrogens with one attached hydrogen (secondary N) is 2. The van der Waals surface area contributed by atoms with Crippen LogP contribution in [0.4, 0.5) is 5.69 Å². The van der Waals surface area contributed by atoms with Crippen LogP contribution in [0.1, 0.15) is 40.3 Å². The summed E-state index contributed by atoms with van der Waals surface area (Å²) in [7, 11) is 1.80. The minimum absolute atomic E-state index is 0.118. The Kier molecular flexibility index (Phi) is 7.35. The molecule has 2 aromatic carbocycles. The highest BCUT2D eigenvalue weighted by Gasteiger charge is 2.20. The van der Waals surface area contributed by atoms with Crippen molar-refractivity contribution >= 4 is 40.9 Å². The van der Waals surface area contributed by atoms with Gasteiger partial charge in [0.05, 0.1) is 22.4 Å². The summed E-state index contributed by atoms with van der Waals surface area (Å²) in [4.78, 5) is 24.9. The van der Waals surface area contributed by atoms with Crippen LogP contribution in [0.2, 0.25) is 5.02 Å². The quantitative estimate of drug-likeness (QED) is 0.516. The molecule has 0 aliphatic carbocycles. The molecule has 7 nitrogen and oxygen atoms in total. The molecule has 3 rings (SSSR count). The molecular formula is C22H24ClN5O2S. The number of thioether (sulfide) groups is 1. The number of carbonyl (C=O) groups is 2. The van der Waals surface area contributed by atoms with E-state index in [0.717, 1.165) is 16.8 Å². The Bertz CT molecular complexity index is 1090. The lowest BCUT2D eigenvalue weighted by atomic mass is 10.1. The second kappa shape index (κ2) is 9.98. The number of nitrogens with zero attached hydrogens (tertiary/aromatic N) is 3. The second-order valence-corrected chi connectivity index (χ2v) is 8.53. The lowest BCUT2D eigenvalue weighted by Crippen LogP contribution is -2.28. The van der Waals surface area contributed by atoms with Crippen LogP contribution in [0.5, 0.6) is 0 Å². The fraction of sp³-hybridized carbons (Fsp3) is 0.273. The third-order valence-corrected chi connectivity index (χ3v) is 6.15. The standard InChI is InChI=1S/C22H24ClN5O2S/c1-13-8-7-9-14(2)19(13)25-18(29)12-31-22-27-26-20(28(22)4)15(3)24-21(30)16-10-5-6-11-17(16)23/h5-11,15H,12H2,1-4H3,(H,24,30)(H,25,29)/t15-/m0/s1. The van der Waals surface area contributed by atoms with E-state index in [-0.39, 0.29) is 23.6 Å². The number of benzene rings is 2. The maximum atomic E-state index is 12.5. The van der Waals surface area contributed by atoms with E-state index in [2.05, 4.69) is 20.8 Å². The van der Waals surface area contributed by atoms with Crippen LogP contribution in [0.3, 0.4) is 0 Å². The minimum atomic E-state index is -0.390. The summed E-state index contributed by atoms with van der Waals surface area (Å²) in [5.41, 5.74) is 3.27. The Balaban J connectivity index is 1.61. The van der Waals surface area contributed by atoms with Crippen LogP contribution in [0.15, 0.2) is 47.6 Å². The predicted octanol–water partition coefficient (Wildman–Crippen LogP) is 4.31. The first kappa shape index (κ1) is 22.8. The summed E-state index contributed by atoms with van der Waals surface area (Å²) < 4.78 is 1.77. The molecule has 0 unspecified atom stereocenters. The number of aryl methyl sites for hydroxylation is 2. The zero-order valence-corrected chi connectivity index (χ0v) is 19.3. The summed E-state index contributed by atoms with van der Waals surface area (Å²) in [5, 5.41) is 15.2. The number of halogens is 1. The van der Waals surface area contributed by atoms with Gasteiger partial charge >= 0.3 is 0 Å². The maximum Gasteiger partial charge on any atom is 0.253 e. The van der Waals surface area contributed by atoms with E-state index < -0.39 is 0 Å². The zero-order chi connectivity index (χ0) is 22.5. The number of hydrogen-bond donors (Lipinski definition) is 2. The lowest BCUT2D eigenvalue weighted by molar-refractivity contribution is -0.113. The van der Waals surface area contributed by atoms with Gasteiger partial charge in [0, 0.05) is 12.7 Å². The predicted molar refractivity (Wildman–Crippen MR) is 124 cm³/mol. The van der Waals surface area contributed by atoms with Gasteiger partial charge in [-0.1, -0.05) is 53.7 Å². The van der Waals surface area contributed by atoms with Crippen molar-refractivity contribution in [2.24, 2.45) is 7.05 Å². The molecule has 0 spiro atoms. The summed E-state index contributed by atoms with van der Waals surface area (Å²) in [5.74, 6) is 0.369. The first-order chi connectivity index (χ1) is 14.8. The Hall–Kier alpha value is -2.84. The van der Waals surface area contributed by atoms with E-state index in [9.17, 15) is 9.59 Å². The van der Waals surface area contributed by atoms with Gasteiger partial charge < -0.3 is 15.2 Å². The molecule has 0 fully saturated rings. The molecule has 0 aliphatic heterocycles. The van der Waals surface area contributed by atoms with Crippen LogP contribution < -0.4 is 10.6 Å². The van der Waals surface area contributed by atoms with Crippen molar-refractivity contribution in [3.05, 3.63) is 70.0 Å². The van der Waals surface area contributed by atoms with Crippen molar-refractivity contribution in [1.29, 1.82) is 0 Å². The Morgan fingerprint density at radius 3 is 2.45 bits per heavy atom. The van der Waals surface area contributed by atoms with E-state index in [1.165, 1.54) is 11.8 Å². The van der Waals surface area contributed by atoms with Crippen LogP contribution >= 0.6 is 23.4 Å². The highest BCUT2D eigenvalue weighted by Crippen LogP contribution is 2.23.